The lowest BCUT2D eigenvalue weighted by Gasteiger charge is -2.41. The summed E-state index contributed by atoms with van der Waals surface area (Å²) in [7, 11) is 0. The number of likely N-dealkylation sites (tertiary alicyclic amines) is 2. The van der Waals surface area contributed by atoms with Gasteiger partial charge in [0.2, 0.25) is 5.91 Å². The second-order valence-electron chi connectivity index (χ2n) is 7.08. The molecule has 0 aliphatic carbocycles. The van der Waals surface area contributed by atoms with Crippen LogP contribution in [0.25, 0.3) is 0 Å². The van der Waals surface area contributed by atoms with E-state index in [-0.39, 0.29) is 12.3 Å². The zero-order valence-corrected chi connectivity index (χ0v) is 15.4. The van der Waals surface area contributed by atoms with Gasteiger partial charge in [0, 0.05) is 24.5 Å². The molecule has 138 valence electrons. The van der Waals surface area contributed by atoms with Gasteiger partial charge in [0.05, 0.1) is 12.1 Å². The van der Waals surface area contributed by atoms with Crippen LogP contribution in [0.1, 0.15) is 38.3 Å². The molecule has 2 aliphatic rings. The third-order valence-electron chi connectivity index (χ3n) is 5.25. The molecular weight excluding hydrogens is 340 g/mol. The monoisotopic (exact) mass is 366 g/mol. The topological polar surface area (TPSA) is 85.8 Å². The van der Waals surface area contributed by atoms with Gasteiger partial charge in [0.1, 0.15) is 0 Å². The molecule has 2 saturated heterocycles. The van der Waals surface area contributed by atoms with Crippen LogP contribution in [-0.4, -0.2) is 64.1 Å². The number of carbonyl (C=O) groups excluding carboxylic acids is 1. The largest absolute Gasteiger partial charge is 0.465 e. The van der Waals surface area contributed by atoms with Crippen LogP contribution in [0, 0.1) is 5.92 Å². The van der Waals surface area contributed by atoms with Gasteiger partial charge in [-0.25, -0.2) is 9.78 Å². The third kappa shape index (κ3) is 4.92. The molecule has 0 radical (unpaired) electrons. The lowest BCUT2D eigenvalue weighted by atomic mass is 9.95. The molecule has 2 aliphatic heterocycles. The number of amides is 2. The van der Waals surface area contributed by atoms with Crippen molar-refractivity contribution in [3.63, 3.8) is 0 Å². The van der Waals surface area contributed by atoms with E-state index < -0.39 is 6.09 Å². The van der Waals surface area contributed by atoms with Gasteiger partial charge in [0.25, 0.3) is 0 Å². The fourth-order valence-corrected chi connectivity index (χ4v) is 4.38. The summed E-state index contributed by atoms with van der Waals surface area (Å²) in [6.07, 6.45) is 3.77. The van der Waals surface area contributed by atoms with Gasteiger partial charge in [-0.05, 0) is 44.7 Å². The summed E-state index contributed by atoms with van der Waals surface area (Å²) < 4.78 is 0. The molecule has 25 heavy (non-hydrogen) atoms. The van der Waals surface area contributed by atoms with Crippen LogP contribution in [0.2, 0.25) is 0 Å². The maximum Gasteiger partial charge on any atom is 0.410 e. The smallest absolute Gasteiger partial charge is 0.410 e. The minimum atomic E-state index is -1.14. The minimum absolute atomic E-state index is 0.0814. The van der Waals surface area contributed by atoms with Crippen LogP contribution in [0.5, 0.6) is 0 Å². The van der Waals surface area contributed by atoms with Crippen molar-refractivity contribution < 1.29 is 14.7 Å². The highest BCUT2D eigenvalue weighted by atomic mass is 32.1. The number of thiazole rings is 1. The summed E-state index contributed by atoms with van der Waals surface area (Å²) in [6, 6.07) is 0.613. The Hall–Kier alpha value is -1.67. The molecule has 1 aromatic rings. The average Bonchev–Trinajstić information content (AvgIpc) is 3.02. The molecule has 2 amide bonds. The van der Waals surface area contributed by atoms with Crippen LogP contribution in [0.3, 0.4) is 0 Å². The number of carbonyl (C=O) groups is 2. The summed E-state index contributed by atoms with van der Waals surface area (Å²) in [6.45, 7) is 6.32. The highest BCUT2D eigenvalue weighted by Gasteiger charge is 2.28. The van der Waals surface area contributed by atoms with E-state index in [9.17, 15) is 9.59 Å². The second-order valence-corrected chi connectivity index (χ2v) is 7.94. The first-order valence-electron chi connectivity index (χ1n) is 8.97. The normalized spacial score (nSPS) is 20.6. The van der Waals surface area contributed by atoms with Crippen LogP contribution in [-0.2, 0) is 11.2 Å². The highest BCUT2D eigenvalue weighted by molar-refractivity contribution is 7.13. The third-order valence-corrected chi connectivity index (χ3v) is 6.06. The molecule has 3 rings (SSSR count). The van der Waals surface area contributed by atoms with Gasteiger partial charge in [-0.2, -0.15) is 0 Å². The quantitative estimate of drug-likeness (QED) is 0.855. The number of anilines is 1. The number of hydrogen-bond acceptors (Lipinski definition) is 5. The van der Waals surface area contributed by atoms with Crippen LogP contribution in [0.4, 0.5) is 9.93 Å². The maximum absolute atomic E-state index is 12.5. The zero-order chi connectivity index (χ0) is 17.8. The molecule has 0 saturated carbocycles. The predicted molar refractivity (Wildman–Crippen MR) is 97.0 cm³/mol. The molecule has 0 spiro atoms. The summed E-state index contributed by atoms with van der Waals surface area (Å²) in [5, 5.41) is 13.0. The van der Waals surface area contributed by atoms with Crippen LogP contribution in [0.15, 0.2) is 5.38 Å². The lowest BCUT2D eigenvalue weighted by Crippen LogP contribution is -2.49. The highest BCUT2D eigenvalue weighted by Crippen LogP contribution is 2.24. The van der Waals surface area contributed by atoms with E-state index in [0.717, 1.165) is 31.8 Å². The first kappa shape index (κ1) is 18.1. The van der Waals surface area contributed by atoms with Crippen molar-refractivity contribution in [3.8, 4) is 0 Å². The number of piperidine rings is 2. The van der Waals surface area contributed by atoms with Gasteiger partial charge in [-0.3, -0.25) is 10.1 Å². The molecule has 0 atom stereocenters. The van der Waals surface area contributed by atoms with Gasteiger partial charge in [-0.1, -0.05) is 6.92 Å². The number of hydrogen-bond donors (Lipinski definition) is 2. The molecule has 1 aromatic heterocycles. The van der Waals surface area contributed by atoms with E-state index >= 15 is 0 Å². The maximum atomic E-state index is 12.5. The molecule has 0 aromatic carbocycles. The Balaban J connectivity index is 1.45. The first-order valence-corrected chi connectivity index (χ1v) is 9.85. The van der Waals surface area contributed by atoms with E-state index in [1.165, 1.54) is 37.3 Å². The Kier molecular flexibility index (Phi) is 5.90. The molecule has 0 unspecified atom stereocenters. The summed E-state index contributed by atoms with van der Waals surface area (Å²) in [4.78, 5) is 31.7. The van der Waals surface area contributed by atoms with Crippen LogP contribution < -0.4 is 5.32 Å². The Bertz CT molecular complexity index is 605. The van der Waals surface area contributed by atoms with Crippen molar-refractivity contribution in [2.24, 2.45) is 5.92 Å². The Morgan fingerprint density at radius 2 is 1.92 bits per heavy atom. The average molecular weight is 366 g/mol. The zero-order valence-electron chi connectivity index (χ0n) is 14.6. The number of nitrogens with one attached hydrogen (secondary N) is 1. The number of carboxylic acid groups (broad SMARTS) is 1. The van der Waals surface area contributed by atoms with Crippen molar-refractivity contribution in [1.29, 1.82) is 0 Å². The fraction of sp³-hybridized carbons (Fsp3) is 0.706. The van der Waals surface area contributed by atoms with Crippen LogP contribution >= 0.6 is 11.3 Å². The number of aromatic nitrogens is 1. The van der Waals surface area contributed by atoms with E-state index in [2.05, 4.69) is 22.1 Å². The molecule has 8 heteroatoms. The van der Waals surface area contributed by atoms with E-state index in [1.807, 2.05) is 4.90 Å². The lowest BCUT2D eigenvalue weighted by molar-refractivity contribution is -0.132. The Labute approximate surface area is 152 Å². The summed E-state index contributed by atoms with van der Waals surface area (Å²) in [5.74, 6) is 0.925. The summed E-state index contributed by atoms with van der Waals surface area (Å²) in [5.41, 5.74) is 0.630. The van der Waals surface area contributed by atoms with E-state index in [4.69, 9.17) is 5.11 Å². The Morgan fingerprint density at radius 3 is 2.56 bits per heavy atom. The van der Waals surface area contributed by atoms with E-state index in [0.29, 0.717) is 16.9 Å². The van der Waals surface area contributed by atoms with Gasteiger partial charge in [0.15, 0.2) is 5.13 Å². The van der Waals surface area contributed by atoms with E-state index in [1.54, 1.807) is 5.38 Å². The molecule has 2 fully saturated rings. The Morgan fingerprint density at radius 1 is 1.24 bits per heavy atom. The van der Waals surface area contributed by atoms with Gasteiger partial charge < -0.3 is 14.9 Å². The van der Waals surface area contributed by atoms with Crippen molar-refractivity contribution in [3.05, 3.63) is 11.1 Å². The van der Waals surface area contributed by atoms with Crippen molar-refractivity contribution in [1.82, 2.24) is 14.8 Å². The SMILES string of the molecule is CC1CCN(C2CCN(C(=O)Cc3csc(NC(=O)O)n3)CC2)CC1. The molecule has 0 bridgehead atoms. The molecule has 3 heterocycles. The molecule has 2 N–H and O–H groups in total. The van der Waals surface area contributed by atoms with Gasteiger partial charge >= 0.3 is 6.09 Å². The molecule has 7 nitrogen and oxygen atoms in total. The van der Waals surface area contributed by atoms with Crippen molar-refractivity contribution in [2.45, 2.75) is 45.1 Å². The predicted octanol–water partition coefficient (Wildman–Crippen LogP) is 2.50. The number of rotatable bonds is 4. The summed E-state index contributed by atoms with van der Waals surface area (Å²) >= 11 is 1.21. The van der Waals surface area contributed by atoms with Crippen molar-refractivity contribution in [2.75, 3.05) is 31.5 Å². The van der Waals surface area contributed by atoms with Crippen molar-refractivity contribution >= 4 is 28.5 Å². The minimum Gasteiger partial charge on any atom is -0.465 e. The fourth-order valence-electron chi connectivity index (χ4n) is 3.68. The second kappa shape index (κ2) is 8.14. The molecular formula is C17H26N4O3S. The number of nitrogens with zero attached hydrogens (tertiary/aromatic N) is 3. The first-order chi connectivity index (χ1) is 12.0. The van der Waals surface area contributed by atoms with Gasteiger partial charge in [-0.15, -0.1) is 11.3 Å². The standard InChI is InChI=1S/C17H26N4O3S/c1-12-2-6-20(7-3-12)14-4-8-21(9-5-14)15(22)10-13-11-25-16(18-13)19-17(23)24/h11-12,14H,2-10H2,1H3,(H,18,19)(H,23,24).